The summed E-state index contributed by atoms with van der Waals surface area (Å²) < 4.78 is 0. The zero-order chi connectivity index (χ0) is 14.5. The fourth-order valence-corrected chi connectivity index (χ4v) is 2.08. The largest absolute Gasteiger partial charge is 0.481 e. The summed E-state index contributed by atoms with van der Waals surface area (Å²) in [5.74, 6) is -1.03. The molecule has 0 saturated carbocycles. The molecule has 20 heavy (non-hydrogen) atoms. The van der Waals surface area contributed by atoms with Crippen LogP contribution in [0, 0.1) is 0 Å². The predicted octanol–water partition coefficient (Wildman–Crippen LogP) is 2.45. The Morgan fingerprint density at radius 2 is 2.00 bits per heavy atom. The van der Waals surface area contributed by atoms with E-state index in [2.05, 4.69) is 4.98 Å². The van der Waals surface area contributed by atoms with E-state index in [0.717, 1.165) is 5.39 Å². The lowest BCUT2D eigenvalue weighted by molar-refractivity contribution is -0.136. The molecule has 1 amide bonds. The molecule has 1 heterocycles. The lowest BCUT2D eigenvalue weighted by atomic mass is 10.1. The van der Waals surface area contributed by atoms with Gasteiger partial charge in [-0.15, -0.1) is 0 Å². The molecule has 0 unspecified atom stereocenters. The van der Waals surface area contributed by atoms with Crippen molar-refractivity contribution in [3.8, 4) is 0 Å². The topological polar surface area (TPSA) is 70.5 Å². The molecule has 1 aromatic carbocycles. The third-order valence-electron chi connectivity index (χ3n) is 3.05. The van der Waals surface area contributed by atoms with Crippen LogP contribution in [0.1, 0.15) is 19.8 Å². The van der Waals surface area contributed by atoms with E-state index in [-0.39, 0.29) is 18.9 Å². The first-order chi connectivity index (χ1) is 9.63. The molecular formula is C15H16N2O3. The van der Waals surface area contributed by atoms with Crippen LogP contribution < -0.4 is 4.90 Å². The summed E-state index contributed by atoms with van der Waals surface area (Å²) in [6.07, 6.45) is 1.90. The SMILES string of the molecule is CCC(=O)N(CCC(=O)O)c1cccc2cccnc12. The monoisotopic (exact) mass is 272 g/mol. The van der Waals surface area contributed by atoms with Gasteiger partial charge in [0.2, 0.25) is 5.91 Å². The van der Waals surface area contributed by atoms with E-state index in [0.29, 0.717) is 17.6 Å². The van der Waals surface area contributed by atoms with Gasteiger partial charge in [0.1, 0.15) is 0 Å². The normalized spacial score (nSPS) is 10.4. The number of benzene rings is 1. The summed E-state index contributed by atoms with van der Waals surface area (Å²) in [5, 5.41) is 9.75. The molecule has 0 spiro atoms. The number of pyridine rings is 1. The van der Waals surface area contributed by atoms with E-state index in [4.69, 9.17) is 5.11 Å². The van der Waals surface area contributed by atoms with Crippen molar-refractivity contribution >= 4 is 28.5 Å². The second kappa shape index (κ2) is 6.14. The number of carboxylic acids is 1. The Labute approximate surface area is 116 Å². The zero-order valence-electron chi connectivity index (χ0n) is 11.2. The smallest absolute Gasteiger partial charge is 0.305 e. The molecule has 0 aliphatic carbocycles. The van der Waals surface area contributed by atoms with E-state index in [1.165, 1.54) is 4.90 Å². The minimum Gasteiger partial charge on any atom is -0.481 e. The molecule has 0 radical (unpaired) electrons. The number of hydrogen-bond donors (Lipinski definition) is 1. The minimum atomic E-state index is -0.924. The van der Waals surface area contributed by atoms with E-state index >= 15 is 0 Å². The molecule has 0 fully saturated rings. The highest BCUT2D eigenvalue weighted by Crippen LogP contribution is 2.25. The molecular weight excluding hydrogens is 256 g/mol. The maximum atomic E-state index is 12.1. The zero-order valence-corrected chi connectivity index (χ0v) is 11.2. The van der Waals surface area contributed by atoms with Gasteiger partial charge in [0.25, 0.3) is 0 Å². The molecule has 0 aliphatic rings. The fourth-order valence-electron chi connectivity index (χ4n) is 2.08. The highest BCUT2D eigenvalue weighted by Gasteiger charge is 2.17. The van der Waals surface area contributed by atoms with Crippen LogP contribution in [0.2, 0.25) is 0 Å². The van der Waals surface area contributed by atoms with Crippen molar-refractivity contribution in [2.75, 3.05) is 11.4 Å². The van der Waals surface area contributed by atoms with Gasteiger partial charge in [-0.1, -0.05) is 25.1 Å². The number of anilines is 1. The van der Waals surface area contributed by atoms with E-state index < -0.39 is 5.97 Å². The van der Waals surface area contributed by atoms with Gasteiger partial charge in [0, 0.05) is 24.5 Å². The number of nitrogens with zero attached hydrogens (tertiary/aromatic N) is 2. The van der Waals surface area contributed by atoms with Crippen molar-refractivity contribution in [1.29, 1.82) is 0 Å². The van der Waals surface area contributed by atoms with Crippen molar-refractivity contribution in [3.05, 3.63) is 36.5 Å². The van der Waals surface area contributed by atoms with Crippen molar-refractivity contribution in [2.45, 2.75) is 19.8 Å². The third-order valence-corrected chi connectivity index (χ3v) is 3.05. The van der Waals surface area contributed by atoms with Crippen molar-refractivity contribution in [1.82, 2.24) is 4.98 Å². The lowest BCUT2D eigenvalue weighted by Gasteiger charge is -2.22. The van der Waals surface area contributed by atoms with Gasteiger partial charge in [0.15, 0.2) is 0 Å². The molecule has 0 bridgehead atoms. The number of aliphatic carboxylic acids is 1. The summed E-state index contributed by atoms with van der Waals surface area (Å²) in [6.45, 7) is 1.91. The molecule has 104 valence electrons. The van der Waals surface area contributed by atoms with Crippen LogP contribution in [-0.2, 0) is 9.59 Å². The van der Waals surface area contributed by atoms with Gasteiger partial charge in [-0.25, -0.2) is 0 Å². The Morgan fingerprint density at radius 1 is 1.25 bits per heavy atom. The number of hydrogen-bond acceptors (Lipinski definition) is 3. The maximum absolute atomic E-state index is 12.1. The van der Waals surface area contributed by atoms with Crippen LogP contribution >= 0.6 is 0 Å². The second-order valence-electron chi connectivity index (χ2n) is 4.39. The molecule has 2 aromatic rings. The van der Waals surface area contributed by atoms with E-state index in [9.17, 15) is 9.59 Å². The van der Waals surface area contributed by atoms with Crippen molar-refractivity contribution in [3.63, 3.8) is 0 Å². The Morgan fingerprint density at radius 3 is 2.70 bits per heavy atom. The highest BCUT2D eigenvalue weighted by molar-refractivity contribution is 6.02. The standard InChI is InChI=1S/C15H16N2O3/c1-2-13(18)17(10-8-14(19)20)12-7-3-5-11-6-4-9-16-15(11)12/h3-7,9H,2,8,10H2,1H3,(H,19,20). The second-order valence-corrected chi connectivity index (χ2v) is 4.39. The van der Waals surface area contributed by atoms with Gasteiger partial charge in [-0.05, 0) is 12.1 Å². The summed E-state index contributed by atoms with van der Waals surface area (Å²) >= 11 is 0. The van der Waals surface area contributed by atoms with Gasteiger partial charge < -0.3 is 10.0 Å². The summed E-state index contributed by atoms with van der Waals surface area (Å²) in [6, 6.07) is 9.30. The summed E-state index contributed by atoms with van der Waals surface area (Å²) in [5.41, 5.74) is 1.37. The van der Waals surface area contributed by atoms with Crippen LogP contribution in [0.25, 0.3) is 10.9 Å². The van der Waals surface area contributed by atoms with Gasteiger partial charge in [-0.2, -0.15) is 0 Å². The van der Waals surface area contributed by atoms with Gasteiger partial charge in [0.05, 0.1) is 17.6 Å². The first kappa shape index (κ1) is 14.0. The predicted molar refractivity (Wildman–Crippen MR) is 76.6 cm³/mol. The van der Waals surface area contributed by atoms with Crippen LogP contribution in [-0.4, -0.2) is 28.5 Å². The number of amides is 1. The van der Waals surface area contributed by atoms with Crippen molar-refractivity contribution < 1.29 is 14.7 Å². The van der Waals surface area contributed by atoms with Gasteiger partial charge in [-0.3, -0.25) is 14.6 Å². The highest BCUT2D eigenvalue weighted by atomic mass is 16.4. The summed E-state index contributed by atoms with van der Waals surface area (Å²) in [7, 11) is 0. The molecule has 1 aromatic heterocycles. The Balaban J connectivity index is 2.45. The first-order valence-corrected chi connectivity index (χ1v) is 6.49. The number of carbonyl (C=O) groups is 2. The molecule has 2 rings (SSSR count). The number of aromatic nitrogens is 1. The molecule has 5 nitrogen and oxygen atoms in total. The van der Waals surface area contributed by atoms with Crippen LogP contribution in [0.15, 0.2) is 36.5 Å². The number of fused-ring (bicyclic) bond motifs is 1. The average molecular weight is 272 g/mol. The van der Waals surface area contributed by atoms with Crippen LogP contribution in [0.4, 0.5) is 5.69 Å². The number of para-hydroxylation sites is 1. The molecule has 0 aliphatic heterocycles. The molecule has 0 saturated heterocycles. The van der Waals surface area contributed by atoms with E-state index in [1.54, 1.807) is 19.2 Å². The number of carboxylic acid groups (broad SMARTS) is 1. The molecule has 0 atom stereocenters. The van der Waals surface area contributed by atoms with Crippen LogP contribution in [0.3, 0.4) is 0 Å². The number of carbonyl (C=O) groups excluding carboxylic acids is 1. The van der Waals surface area contributed by atoms with Gasteiger partial charge >= 0.3 is 5.97 Å². The Hall–Kier alpha value is -2.43. The Bertz CT molecular complexity index is 635. The van der Waals surface area contributed by atoms with Crippen molar-refractivity contribution in [2.24, 2.45) is 0 Å². The fraction of sp³-hybridized carbons (Fsp3) is 0.267. The molecule has 5 heteroatoms. The Kier molecular flexibility index (Phi) is 4.30. The average Bonchev–Trinajstić information content (AvgIpc) is 2.47. The maximum Gasteiger partial charge on any atom is 0.305 e. The lowest BCUT2D eigenvalue weighted by Crippen LogP contribution is -2.32. The van der Waals surface area contributed by atoms with Crippen LogP contribution in [0.5, 0.6) is 0 Å². The summed E-state index contributed by atoms with van der Waals surface area (Å²) in [4.78, 5) is 28.6. The quantitative estimate of drug-likeness (QED) is 0.907. The minimum absolute atomic E-state index is 0.0883. The third kappa shape index (κ3) is 2.93. The first-order valence-electron chi connectivity index (χ1n) is 6.49. The molecule has 1 N–H and O–H groups in total. The number of rotatable bonds is 5. The van der Waals surface area contributed by atoms with E-state index in [1.807, 2.05) is 24.3 Å².